The molecule has 0 spiro atoms. The third-order valence-electron chi connectivity index (χ3n) is 4.49. The van der Waals surface area contributed by atoms with Crippen LogP contribution in [0.15, 0.2) is 42.7 Å². The average molecular weight is 336 g/mol. The average Bonchev–Trinajstić information content (AvgIpc) is 2.96. The first-order chi connectivity index (χ1) is 11.9. The molecular formula is C20H24N4O. The highest BCUT2D eigenvalue weighted by Crippen LogP contribution is 2.18. The Morgan fingerprint density at radius 1 is 1.16 bits per heavy atom. The molecule has 130 valence electrons. The van der Waals surface area contributed by atoms with E-state index in [4.69, 9.17) is 0 Å². The van der Waals surface area contributed by atoms with E-state index >= 15 is 0 Å². The van der Waals surface area contributed by atoms with Crippen molar-refractivity contribution < 1.29 is 4.79 Å². The minimum Gasteiger partial charge on any atom is -0.348 e. The lowest BCUT2D eigenvalue weighted by Gasteiger charge is -2.14. The van der Waals surface area contributed by atoms with Crippen molar-refractivity contribution in [3.8, 4) is 0 Å². The van der Waals surface area contributed by atoms with Gasteiger partial charge in [0.05, 0.1) is 36.1 Å². The number of nitrogens with zero attached hydrogens (tertiary/aromatic N) is 3. The number of pyridine rings is 1. The molecule has 0 aliphatic heterocycles. The number of hydrogen-bond donors (Lipinski definition) is 1. The molecule has 3 aromatic rings. The van der Waals surface area contributed by atoms with Crippen LogP contribution in [0.3, 0.4) is 0 Å². The molecule has 2 heterocycles. The largest absolute Gasteiger partial charge is 0.348 e. The van der Waals surface area contributed by atoms with Crippen molar-refractivity contribution in [3.05, 3.63) is 59.5 Å². The Morgan fingerprint density at radius 3 is 2.56 bits per heavy atom. The molecule has 2 aromatic heterocycles. The first-order valence-corrected chi connectivity index (χ1v) is 8.60. The summed E-state index contributed by atoms with van der Waals surface area (Å²) < 4.78 is 1.79. The topological polar surface area (TPSA) is 59.8 Å². The molecule has 0 bridgehead atoms. The van der Waals surface area contributed by atoms with Crippen molar-refractivity contribution in [1.29, 1.82) is 0 Å². The number of fused-ring (bicyclic) bond motifs is 1. The quantitative estimate of drug-likeness (QED) is 0.775. The van der Waals surface area contributed by atoms with Crippen molar-refractivity contribution in [1.82, 2.24) is 20.1 Å². The SMILES string of the molecule is CC(C)c1ccc(CC(=O)N[C@H](C)c2cc3cnn(C)c3cn2)cc1. The van der Waals surface area contributed by atoms with Crippen molar-refractivity contribution in [3.63, 3.8) is 0 Å². The number of carbonyl (C=O) groups excluding carboxylic acids is 1. The van der Waals surface area contributed by atoms with Gasteiger partial charge >= 0.3 is 0 Å². The van der Waals surface area contributed by atoms with E-state index in [9.17, 15) is 4.79 Å². The maximum atomic E-state index is 12.3. The van der Waals surface area contributed by atoms with Gasteiger partial charge in [-0.3, -0.25) is 14.5 Å². The van der Waals surface area contributed by atoms with Gasteiger partial charge in [0.15, 0.2) is 0 Å². The highest BCUT2D eigenvalue weighted by atomic mass is 16.1. The van der Waals surface area contributed by atoms with Crippen LogP contribution in [0.5, 0.6) is 0 Å². The molecule has 3 rings (SSSR count). The fourth-order valence-electron chi connectivity index (χ4n) is 2.87. The third-order valence-corrected chi connectivity index (χ3v) is 4.49. The summed E-state index contributed by atoms with van der Waals surface area (Å²) in [6.45, 7) is 6.27. The molecular weight excluding hydrogens is 312 g/mol. The summed E-state index contributed by atoms with van der Waals surface area (Å²) in [5.41, 5.74) is 4.12. The summed E-state index contributed by atoms with van der Waals surface area (Å²) in [4.78, 5) is 16.8. The zero-order valence-electron chi connectivity index (χ0n) is 15.2. The molecule has 5 heteroatoms. The van der Waals surface area contributed by atoms with Gasteiger partial charge < -0.3 is 5.32 Å². The predicted octanol–water partition coefficient (Wildman–Crippen LogP) is 3.51. The van der Waals surface area contributed by atoms with E-state index in [0.717, 1.165) is 22.2 Å². The van der Waals surface area contributed by atoms with Gasteiger partial charge in [0.1, 0.15) is 0 Å². The fourth-order valence-corrected chi connectivity index (χ4v) is 2.87. The van der Waals surface area contributed by atoms with Gasteiger partial charge in [-0.15, -0.1) is 0 Å². The molecule has 25 heavy (non-hydrogen) atoms. The number of aromatic nitrogens is 3. The number of nitrogens with one attached hydrogen (secondary N) is 1. The van der Waals surface area contributed by atoms with Gasteiger partial charge in [-0.25, -0.2) is 0 Å². The lowest BCUT2D eigenvalue weighted by atomic mass is 10.0. The Kier molecular flexibility index (Phi) is 4.83. The zero-order chi connectivity index (χ0) is 18.0. The van der Waals surface area contributed by atoms with Gasteiger partial charge in [-0.05, 0) is 30.0 Å². The molecule has 5 nitrogen and oxygen atoms in total. The first-order valence-electron chi connectivity index (χ1n) is 8.60. The number of hydrogen-bond acceptors (Lipinski definition) is 3. The molecule has 1 aromatic carbocycles. The molecule has 0 unspecified atom stereocenters. The molecule has 1 N–H and O–H groups in total. The number of rotatable bonds is 5. The van der Waals surface area contributed by atoms with E-state index in [1.54, 1.807) is 10.9 Å². The van der Waals surface area contributed by atoms with Crippen LogP contribution >= 0.6 is 0 Å². The predicted molar refractivity (Wildman–Crippen MR) is 99.3 cm³/mol. The molecule has 0 saturated carbocycles. The van der Waals surface area contributed by atoms with Crippen molar-refractivity contribution >= 4 is 16.8 Å². The standard InChI is InChI=1S/C20H24N4O/c1-13(2)16-7-5-15(6-8-16)9-20(25)23-14(3)18-10-17-11-22-24(4)19(17)12-21-18/h5-8,10-14H,9H2,1-4H3,(H,23,25)/t14-/m1/s1. The van der Waals surface area contributed by atoms with Crippen LogP contribution in [0.4, 0.5) is 0 Å². The Hall–Kier alpha value is -2.69. The number of amides is 1. The van der Waals surface area contributed by atoms with Crippen LogP contribution in [0.25, 0.3) is 10.9 Å². The Labute approximate surface area is 148 Å². The Morgan fingerprint density at radius 2 is 1.88 bits per heavy atom. The van der Waals surface area contributed by atoms with E-state index in [1.165, 1.54) is 5.56 Å². The van der Waals surface area contributed by atoms with E-state index in [2.05, 4.69) is 41.4 Å². The lowest BCUT2D eigenvalue weighted by molar-refractivity contribution is -0.121. The normalized spacial score (nSPS) is 12.5. The van der Waals surface area contributed by atoms with Gasteiger partial charge in [-0.2, -0.15) is 5.10 Å². The fraction of sp³-hybridized carbons (Fsp3) is 0.350. The molecule has 0 radical (unpaired) electrons. The smallest absolute Gasteiger partial charge is 0.224 e. The van der Waals surface area contributed by atoms with Crippen LogP contribution in [0.1, 0.15) is 49.6 Å². The second-order valence-electron chi connectivity index (χ2n) is 6.80. The zero-order valence-corrected chi connectivity index (χ0v) is 15.2. The number of benzene rings is 1. The van der Waals surface area contributed by atoms with Crippen LogP contribution in [0, 0.1) is 0 Å². The van der Waals surface area contributed by atoms with Crippen LogP contribution in [0.2, 0.25) is 0 Å². The van der Waals surface area contributed by atoms with Gasteiger partial charge in [0.2, 0.25) is 5.91 Å². The van der Waals surface area contributed by atoms with Gasteiger partial charge in [0.25, 0.3) is 0 Å². The maximum Gasteiger partial charge on any atom is 0.224 e. The van der Waals surface area contributed by atoms with Crippen LogP contribution in [-0.2, 0) is 18.3 Å². The minimum absolute atomic E-state index is 0.00196. The Bertz CT molecular complexity index is 880. The molecule has 1 atom stereocenters. The molecule has 0 saturated heterocycles. The van der Waals surface area contributed by atoms with Crippen LogP contribution < -0.4 is 5.32 Å². The second-order valence-corrected chi connectivity index (χ2v) is 6.80. The highest BCUT2D eigenvalue weighted by molar-refractivity contribution is 5.80. The molecule has 0 aliphatic rings. The highest BCUT2D eigenvalue weighted by Gasteiger charge is 2.13. The number of carbonyl (C=O) groups is 1. The number of aryl methyl sites for hydroxylation is 1. The second kappa shape index (κ2) is 7.05. The van der Waals surface area contributed by atoms with Crippen molar-refractivity contribution in [2.24, 2.45) is 7.05 Å². The first kappa shape index (κ1) is 17.1. The maximum absolute atomic E-state index is 12.3. The van der Waals surface area contributed by atoms with E-state index < -0.39 is 0 Å². The van der Waals surface area contributed by atoms with E-state index in [1.807, 2.05) is 38.4 Å². The minimum atomic E-state index is -0.146. The summed E-state index contributed by atoms with van der Waals surface area (Å²) in [5, 5.41) is 8.27. The lowest BCUT2D eigenvalue weighted by Crippen LogP contribution is -2.28. The van der Waals surface area contributed by atoms with Crippen LogP contribution in [-0.4, -0.2) is 20.7 Å². The summed E-state index contributed by atoms with van der Waals surface area (Å²) in [5.74, 6) is 0.495. The summed E-state index contributed by atoms with van der Waals surface area (Å²) in [6.07, 6.45) is 3.98. The van der Waals surface area contributed by atoms with Gasteiger partial charge in [-0.1, -0.05) is 38.1 Å². The Balaban J connectivity index is 1.64. The summed E-state index contributed by atoms with van der Waals surface area (Å²) in [7, 11) is 1.89. The van der Waals surface area contributed by atoms with Crippen molar-refractivity contribution in [2.75, 3.05) is 0 Å². The third kappa shape index (κ3) is 3.87. The molecule has 1 amide bonds. The van der Waals surface area contributed by atoms with Gasteiger partial charge in [0, 0.05) is 12.4 Å². The van der Waals surface area contributed by atoms with E-state index in [0.29, 0.717) is 12.3 Å². The molecule has 0 fully saturated rings. The summed E-state index contributed by atoms with van der Waals surface area (Å²) in [6, 6.07) is 10.1. The van der Waals surface area contributed by atoms with E-state index in [-0.39, 0.29) is 11.9 Å². The molecule has 0 aliphatic carbocycles. The monoisotopic (exact) mass is 336 g/mol. The summed E-state index contributed by atoms with van der Waals surface area (Å²) >= 11 is 0. The van der Waals surface area contributed by atoms with Crippen molar-refractivity contribution in [2.45, 2.75) is 39.2 Å².